The maximum Gasteiger partial charge on any atom is 0.306 e. The molecule has 454 valence electrons. The summed E-state index contributed by atoms with van der Waals surface area (Å²) in [5, 5.41) is 0. The Hall–Kier alpha value is -4.45. The van der Waals surface area contributed by atoms with Crippen molar-refractivity contribution in [2.45, 2.75) is 303 Å². The SMILES string of the molecule is CC/C=C\C/C=C\C/C=C\C/C=C\C/C=C\C/C=C\C/C=C\C/C=C\CCCCCCCCC(=O)OCC(COC(=O)CCCCCCCCCCCC)OC(=O)CCCCCCCC/C=C\C/C=C\C/C=C\CCCCCCC. The average Bonchev–Trinajstić information content (AvgIpc) is 3.46. The van der Waals surface area contributed by atoms with Gasteiger partial charge in [0.2, 0.25) is 0 Å². The van der Waals surface area contributed by atoms with Gasteiger partial charge in [-0.05, 0) is 122 Å². The van der Waals surface area contributed by atoms with Crippen molar-refractivity contribution in [3.63, 3.8) is 0 Å². The van der Waals surface area contributed by atoms with Crippen LogP contribution in [-0.2, 0) is 28.6 Å². The second-order valence-electron chi connectivity index (χ2n) is 21.6. The lowest BCUT2D eigenvalue weighted by Crippen LogP contribution is -2.30. The fraction of sp³-hybridized carbons (Fsp3) is 0.662. The zero-order chi connectivity index (χ0) is 57.8. The van der Waals surface area contributed by atoms with Crippen molar-refractivity contribution in [2.24, 2.45) is 0 Å². The molecule has 0 rings (SSSR count). The molecule has 0 bridgehead atoms. The Morgan fingerprint density at radius 2 is 0.487 bits per heavy atom. The predicted molar refractivity (Wildman–Crippen MR) is 348 cm³/mol. The Labute approximate surface area is 494 Å². The van der Waals surface area contributed by atoms with Crippen molar-refractivity contribution in [1.29, 1.82) is 0 Å². The summed E-state index contributed by atoms with van der Waals surface area (Å²) < 4.78 is 16.9. The highest BCUT2D eigenvalue weighted by Gasteiger charge is 2.19. The first-order valence-electron chi connectivity index (χ1n) is 33.2. The van der Waals surface area contributed by atoms with Crippen LogP contribution in [0.1, 0.15) is 297 Å². The molecule has 6 nitrogen and oxygen atoms in total. The Balaban J connectivity index is 4.31. The van der Waals surface area contributed by atoms with Crippen molar-refractivity contribution in [1.82, 2.24) is 0 Å². The topological polar surface area (TPSA) is 78.9 Å². The van der Waals surface area contributed by atoms with Gasteiger partial charge < -0.3 is 14.2 Å². The first kappa shape index (κ1) is 75.5. The lowest BCUT2D eigenvalue weighted by atomic mass is 10.1. The van der Waals surface area contributed by atoms with Crippen molar-refractivity contribution >= 4 is 17.9 Å². The monoisotopic (exact) mass is 1110 g/mol. The summed E-state index contributed by atoms with van der Waals surface area (Å²) in [6.45, 7) is 6.49. The van der Waals surface area contributed by atoms with Crippen LogP contribution in [0.2, 0.25) is 0 Å². The predicted octanol–water partition coefficient (Wildman–Crippen LogP) is 22.9. The Morgan fingerprint density at radius 3 is 0.762 bits per heavy atom. The third-order valence-corrected chi connectivity index (χ3v) is 13.9. The highest BCUT2D eigenvalue weighted by atomic mass is 16.6. The molecule has 0 aliphatic carbocycles. The highest BCUT2D eigenvalue weighted by molar-refractivity contribution is 5.71. The zero-order valence-corrected chi connectivity index (χ0v) is 52.0. The summed E-state index contributed by atoms with van der Waals surface area (Å²) in [6.07, 6.45) is 94.6. The van der Waals surface area contributed by atoms with Gasteiger partial charge in [0, 0.05) is 19.3 Å². The van der Waals surface area contributed by atoms with E-state index in [-0.39, 0.29) is 31.1 Å². The number of esters is 3. The van der Waals surface area contributed by atoms with Crippen molar-refractivity contribution in [3.05, 3.63) is 134 Å². The van der Waals surface area contributed by atoms with Crippen LogP contribution in [-0.4, -0.2) is 37.2 Å². The Kier molecular flexibility index (Phi) is 63.3. The molecule has 0 aromatic carbocycles. The molecule has 0 saturated heterocycles. The van der Waals surface area contributed by atoms with Crippen LogP contribution < -0.4 is 0 Å². The van der Waals surface area contributed by atoms with Gasteiger partial charge >= 0.3 is 17.9 Å². The summed E-state index contributed by atoms with van der Waals surface area (Å²) in [5.74, 6) is -0.915. The van der Waals surface area contributed by atoms with E-state index in [1.165, 1.54) is 109 Å². The van der Waals surface area contributed by atoms with Gasteiger partial charge in [-0.25, -0.2) is 0 Å². The molecular formula is C74H122O6. The number of hydrogen-bond acceptors (Lipinski definition) is 6. The van der Waals surface area contributed by atoms with Crippen molar-refractivity contribution in [3.8, 4) is 0 Å². The molecule has 0 aromatic rings. The van der Waals surface area contributed by atoms with Crippen LogP contribution >= 0.6 is 0 Å². The van der Waals surface area contributed by atoms with Gasteiger partial charge in [-0.2, -0.15) is 0 Å². The summed E-state index contributed by atoms with van der Waals surface area (Å²) in [6, 6.07) is 0. The minimum atomic E-state index is -0.795. The molecule has 80 heavy (non-hydrogen) atoms. The molecule has 0 N–H and O–H groups in total. The molecule has 6 heteroatoms. The van der Waals surface area contributed by atoms with E-state index in [1.54, 1.807) is 0 Å². The molecule has 0 saturated carbocycles. The van der Waals surface area contributed by atoms with Gasteiger partial charge in [-0.3, -0.25) is 14.4 Å². The molecular weight excluding hydrogens is 985 g/mol. The van der Waals surface area contributed by atoms with E-state index >= 15 is 0 Å². The molecule has 0 aliphatic rings. The third-order valence-electron chi connectivity index (χ3n) is 13.9. The Bertz CT molecular complexity index is 1700. The first-order chi connectivity index (χ1) is 39.5. The fourth-order valence-corrected chi connectivity index (χ4v) is 8.94. The van der Waals surface area contributed by atoms with Gasteiger partial charge in [-0.1, -0.05) is 289 Å². The zero-order valence-electron chi connectivity index (χ0n) is 52.0. The molecule has 0 spiro atoms. The van der Waals surface area contributed by atoms with Crippen LogP contribution in [0.3, 0.4) is 0 Å². The molecule has 0 heterocycles. The molecule has 0 fully saturated rings. The number of unbranched alkanes of at least 4 members (excludes halogenated alkanes) is 26. The van der Waals surface area contributed by atoms with Crippen LogP contribution in [0.5, 0.6) is 0 Å². The van der Waals surface area contributed by atoms with Gasteiger partial charge in [0.05, 0.1) is 0 Å². The Morgan fingerprint density at radius 1 is 0.263 bits per heavy atom. The second kappa shape index (κ2) is 67.1. The second-order valence-corrected chi connectivity index (χ2v) is 21.6. The summed E-state index contributed by atoms with van der Waals surface area (Å²) in [7, 11) is 0. The largest absolute Gasteiger partial charge is 0.462 e. The van der Waals surface area contributed by atoms with Crippen molar-refractivity contribution < 1.29 is 28.6 Å². The average molecular weight is 1110 g/mol. The number of allylic oxidation sites excluding steroid dienone is 22. The quantitative estimate of drug-likeness (QED) is 0.0261. The van der Waals surface area contributed by atoms with E-state index in [9.17, 15) is 14.4 Å². The lowest BCUT2D eigenvalue weighted by Gasteiger charge is -2.18. The summed E-state index contributed by atoms with van der Waals surface area (Å²) in [4.78, 5) is 38.3. The molecule has 0 radical (unpaired) electrons. The lowest BCUT2D eigenvalue weighted by molar-refractivity contribution is -0.167. The van der Waals surface area contributed by atoms with Crippen molar-refractivity contribution in [2.75, 3.05) is 13.2 Å². The summed E-state index contributed by atoms with van der Waals surface area (Å²) in [5.41, 5.74) is 0. The minimum absolute atomic E-state index is 0.0893. The van der Waals surface area contributed by atoms with E-state index in [1.807, 2.05) is 0 Å². The molecule has 1 atom stereocenters. The molecule has 1 unspecified atom stereocenters. The summed E-state index contributed by atoms with van der Waals surface area (Å²) >= 11 is 0. The smallest absolute Gasteiger partial charge is 0.306 e. The van der Waals surface area contributed by atoms with E-state index in [0.717, 1.165) is 148 Å². The van der Waals surface area contributed by atoms with Crippen LogP contribution in [0.25, 0.3) is 0 Å². The highest BCUT2D eigenvalue weighted by Crippen LogP contribution is 2.15. The maximum absolute atomic E-state index is 12.9. The van der Waals surface area contributed by atoms with E-state index in [0.29, 0.717) is 19.3 Å². The molecule has 0 aliphatic heterocycles. The number of hydrogen-bond donors (Lipinski definition) is 0. The number of ether oxygens (including phenoxy) is 3. The van der Waals surface area contributed by atoms with Gasteiger partial charge in [-0.15, -0.1) is 0 Å². The number of carbonyl (C=O) groups excluding carboxylic acids is 3. The molecule has 0 aromatic heterocycles. The van der Waals surface area contributed by atoms with E-state index in [4.69, 9.17) is 14.2 Å². The standard InChI is InChI=1S/C74H122O6/c1-4-7-10-13-16-19-22-24-26-28-30-32-33-34-35-36-37-38-39-40-41-43-44-46-48-50-52-55-58-61-64-67-73(76)79-70-71(69-78-72(75)66-63-60-57-54-21-18-15-12-9-6-3)80-74(77)68-65-62-59-56-53-51-49-47-45-42-31-29-27-25-23-20-17-14-11-8-5-2/h7,10,16,19,23-26,29-32,34-35,37-38,40-41,44-47,71H,4-6,8-9,11-15,17-18,20-22,27-28,33,36,39,42-43,48-70H2,1-3H3/b10-7-,19-16-,25-23-,26-24-,31-29-,32-30-,35-34-,38-37-,41-40-,46-44-,47-45-. The van der Waals surface area contributed by atoms with Gasteiger partial charge in [0.15, 0.2) is 6.10 Å². The molecule has 0 amide bonds. The maximum atomic E-state index is 12.9. The third kappa shape index (κ3) is 64.4. The van der Waals surface area contributed by atoms with Crippen LogP contribution in [0, 0.1) is 0 Å². The number of carbonyl (C=O) groups is 3. The van der Waals surface area contributed by atoms with E-state index in [2.05, 4.69) is 154 Å². The number of rotatable bonds is 59. The normalized spacial score (nSPS) is 13.0. The minimum Gasteiger partial charge on any atom is -0.462 e. The van der Waals surface area contributed by atoms with Crippen LogP contribution in [0.4, 0.5) is 0 Å². The van der Waals surface area contributed by atoms with Crippen LogP contribution in [0.15, 0.2) is 134 Å². The van der Waals surface area contributed by atoms with Gasteiger partial charge in [0.25, 0.3) is 0 Å². The van der Waals surface area contributed by atoms with Gasteiger partial charge in [0.1, 0.15) is 13.2 Å². The first-order valence-corrected chi connectivity index (χ1v) is 33.2. The fourth-order valence-electron chi connectivity index (χ4n) is 8.94. The van der Waals surface area contributed by atoms with E-state index < -0.39 is 6.10 Å².